The number of esters is 2. The zero-order valence-electron chi connectivity index (χ0n) is 29.1. The fourth-order valence-corrected chi connectivity index (χ4v) is 6.03. The Balaban J connectivity index is 3.72. The minimum absolute atomic E-state index is 0.0561. The summed E-state index contributed by atoms with van der Waals surface area (Å²) in [7, 11) is -4.34. The van der Waals surface area contributed by atoms with Gasteiger partial charge in [-0.2, -0.15) is 0 Å². The fourth-order valence-electron chi connectivity index (χ4n) is 5.26. The predicted octanol–water partition coefficient (Wildman–Crippen LogP) is 9.72. The molecule has 0 aromatic rings. The van der Waals surface area contributed by atoms with Gasteiger partial charge in [0.15, 0.2) is 6.10 Å². The first-order chi connectivity index (χ1) is 21.8. The van der Waals surface area contributed by atoms with Gasteiger partial charge in [0.05, 0.1) is 13.2 Å². The molecule has 0 saturated carbocycles. The molecule has 0 saturated heterocycles. The van der Waals surface area contributed by atoms with Crippen molar-refractivity contribution in [3.05, 3.63) is 0 Å². The molecule has 268 valence electrons. The number of phosphoric ester groups is 1. The fraction of sp³-hybridized carbons (Fsp3) is 0.943. The van der Waals surface area contributed by atoms with E-state index in [-0.39, 0.29) is 32.6 Å². The van der Waals surface area contributed by atoms with Crippen molar-refractivity contribution in [2.45, 2.75) is 187 Å². The number of carbonyl (C=O) groups excluding carboxylic acids is 2. The molecule has 2 unspecified atom stereocenters. The van der Waals surface area contributed by atoms with Crippen LogP contribution in [0.5, 0.6) is 0 Å². The normalized spacial score (nSPS) is 13.4. The SMILES string of the molecule is CCCCCCCCCCCCCCCCCCCCCCCCCC(=O)OC(COC(=O)CCC)COP(=O)(O)OCCN. The van der Waals surface area contributed by atoms with E-state index >= 15 is 0 Å². The molecular formula is C35H70NO8P. The van der Waals surface area contributed by atoms with Gasteiger partial charge in [0.25, 0.3) is 0 Å². The maximum absolute atomic E-state index is 12.3. The van der Waals surface area contributed by atoms with Gasteiger partial charge in [0.2, 0.25) is 0 Å². The number of phosphoric acid groups is 1. The second-order valence-electron chi connectivity index (χ2n) is 12.5. The minimum atomic E-state index is -4.34. The van der Waals surface area contributed by atoms with Crippen molar-refractivity contribution in [2.75, 3.05) is 26.4 Å². The monoisotopic (exact) mass is 663 g/mol. The lowest BCUT2D eigenvalue weighted by molar-refractivity contribution is -0.161. The van der Waals surface area contributed by atoms with Gasteiger partial charge in [0, 0.05) is 19.4 Å². The molecule has 2 atom stereocenters. The van der Waals surface area contributed by atoms with Gasteiger partial charge in [-0.1, -0.05) is 155 Å². The van der Waals surface area contributed by atoms with E-state index in [1.807, 2.05) is 6.92 Å². The van der Waals surface area contributed by atoms with Crippen LogP contribution < -0.4 is 5.73 Å². The lowest BCUT2D eigenvalue weighted by Crippen LogP contribution is -2.29. The summed E-state index contributed by atoms with van der Waals surface area (Å²) in [5.74, 6) is -0.880. The summed E-state index contributed by atoms with van der Waals surface area (Å²) in [6.07, 6.45) is 30.3. The van der Waals surface area contributed by atoms with Crippen LogP contribution in [0, 0.1) is 0 Å². The summed E-state index contributed by atoms with van der Waals surface area (Å²) in [5, 5.41) is 0. The average molecular weight is 664 g/mol. The van der Waals surface area contributed by atoms with E-state index < -0.39 is 32.5 Å². The molecule has 10 heteroatoms. The molecule has 3 N–H and O–H groups in total. The van der Waals surface area contributed by atoms with Crippen LogP contribution in [-0.4, -0.2) is 49.3 Å². The number of carbonyl (C=O) groups is 2. The molecule has 0 radical (unpaired) electrons. The van der Waals surface area contributed by atoms with Crippen LogP contribution in [0.4, 0.5) is 0 Å². The third-order valence-electron chi connectivity index (χ3n) is 7.96. The lowest BCUT2D eigenvalue weighted by Gasteiger charge is -2.19. The van der Waals surface area contributed by atoms with Gasteiger partial charge >= 0.3 is 19.8 Å². The second kappa shape index (κ2) is 32.9. The number of rotatable bonds is 35. The molecule has 45 heavy (non-hydrogen) atoms. The maximum Gasteiger partial charge on any atom is 0.472 e. The van der Waals surface area contributed by atoms with Gasteiger partial charge in [-0.25, -0.2) is 4.57 Å². The Labute approximate surface area is 276 Å². The first-order valence-corrected chi connectivity index (χ1v) is 20.0. The molecule has 0 aliphatic heterocycles. The summed E-state index contributed by atoms with van der Waals surface area (Å²) >= 11 is 0. The molecule has 0 spiro atoms. The Morgan fingerprint density at radius 3 is 1.40 bits per heavy atom. The van der Waals surface area contributed by atoms with Crippen molar-refractivity contribution in [3.63, 3.8) is 0 Å². The molecule has 9 nitrogen and oxygen atoms in total. The van der Waals surface area contributed by atoms with Crippen LogP contribution in [-0.2, 0) is 32.7 Å². The highest BCUT2D eigenvalue weighted by Gasteiger charge is 2.25. The highest BCUT2D eigenvalue weighted by Crippen LogP contribution is 2.43. The molecule has 0 amide bonds. The number of hydrogen-bond acceptors (Lipinski definition) is 8. The van der Waals surface area contributed by atoms with E-state index in [4.69, 9.17) is 24.3 Å². The van der Waals surface area contributed by atoms with E-state index in [0.717, 1.165) is 12.8 Å². The first kappa shape index (κ1) is 44.0. The summed E-state index contributed by atoms with van der Waals surface area (Å²) in [6.45, 7) is 3.36. The zero-order valence-corrected chi connectivity index (χ0v) is 30.0. The molecule has 0 rings (SSSR count). The zero-order chi connectivity index (χ0) is 33.3. The number of nitrogens with two attached hydrogens (primary N) is 1. The van der Waals surface area contributed by atoms with E-state index in [1.165, 1.54) is 128 Å². The smallest absolute Gasteiger partial charge is 0.462 e. The Morgan fingerprint density at radius 2 is 1.00 bits per heavy atom. The quantitative estimate of drug-likeness (QED) is 0.0386. The molecule has 0 aromatic carbocycles. The Morgan fingerprint density at radius 1 is 0.578 bits per heavy atom. The molecule has 0 bridgehead atoms. The molecule has 0 aromatic heterocycles. The topological polar surface area (TPSA) is 134 Å². The number of ether oxygens (including phenoxy) is 2. The highest BCUT2D eigenvalue weighted by atomic mass is 31.2. The van der Waals surface area contributed by atoms with Crippen molar-refractivity contribution in [3.8, 4) is 0 Å². The molecule has 0 aliphatic carbocycles. The number of hydrogen-bond donors (Lipinski definition) is 2. The maximum atomic E-state index is 12.3. The molecule has 0 aliphatic rings. The van der Waals surface area contributed by atoms with Crippen LogP contribution in [0.1, 0.15) is 181 Å². The Kier molecular flexibility index (Phi) is 32.2. The van der Waals surface area contributed by atoms with Gasteiger partial charge < -0.3 is 20.1 Å². The third kappa shape index (κ3) is 32.7. The summed E-state index contributed by atoms with van der Waals surface area (Å²) < 4.78 is 32.0. The van der Waals surface area contributed by atoms with E-state index in [9.17, 15) is 19.0 Å². The lowest BCUT2D eigenvalue weighted by atomic mass is 10.0. The van der Waals surface area contributed by atoms with E-state index in [0.29, 0.717) is 12.8 Å². The Bertz CT molecular complexity index is 724. The third-order valence-corrected chi connectivity index (χ3v) is 8.95. The summed E-state index contributed by atoms with van der Waals surface area (Å²) in [4.78, 5) is 33.7. The van der Waals surface area contributed by atoms with E-state index in [2.05, 4.69) is 6.92 Å². The highest BCUT2D eigenvalue weighted by molar-refractivity contribution is 7.47. The summed E-state index contributed by atoms with van der Waals surface area (Å²) in [5.41, 5.74) is 5.28. The van der Waals surface area contributed by atoms with Crippen LogP contribution in [0.25, 0.3) is 0 Å². The van der Waals surface area contributed by atoms with Crippen molar-refractivity contribution in [1.29, 1.82) is 0 Å². The first-order valence-electron chi connectivity index (χ1n) is 18.5. The van der Waals surface area contributed by atoms with Crippen molar-refractivity contribution >= 4 is 19.8 Å². The van der Waals surface area contributed by atoms with E-state index in [1.54, 1.807) is 0 Å². The van der Waals surface area contributed by atoms with Gasteiger partial charge in [-0.05, 0) is 12.8 Å². The predicted molar refractivity (Wildman–Crippen MR) is 183 cm³/mol. The molecule has 0 fully saturated rings. The number of unbranched alkanes of at least 4 members (excludes halogenated alkanes) is 22. The standard InChI is InChI=1S/C35H70NO8P/c1-3-5-6-7-8-9-10-11-12-13-14-15-16-17-18-19-20-21-22-23-24-25-26-28-35(38)44-33(31-41-34(37)27-4-2)32-43-45(39,40)42-30-29-36/h33H,3-32,36H2,1-2H3,(H,39,40). The van der Waals surface area contributed by atoms with Crippen LogP contribution in [0.3, 0.4) is 0 Å². The second-order valence-corrected chi connectivity index (χ2v) is 13.9. The van der Waals surface area contributed by atoms with Crippen LogP contribution in [0.2, 0.25) is 0 Å². The Hall–Kier alpha value is -0.990. The van der Waals surface area contributed by atoms with Gasteiger partial charge in [0.1, 0.15) is 6.61 Å². The summed E-state index contributed by atoms with van der Waals surface area (Å²) in [6, 6.07) is 0. The van der Waals surface area contributed by atoms with Crippen LogP contribution >= 0.6 is 7.82 Å². The van der Waals surface area contributed by atoms with Crippen LogP contribution in [0.15, 0.2) is 0 Å². The largest absolute Gasteiger partial charge is 0.472 e. The van der Waals surface area contributed by atoms with Gasteiger partial charge in [-0.3, -0.25) is 18.6 Å². The minimum Gasteiger partial charge on any atom is -0.462 e. The van der Waals surface area contributed by atoms with Crippen molar-refractivity contribution in [1.82, 2.24) is 0 Å². The molecular weight excluding hydrogens is 593 g/mol. The van der Waals surface area contributed by atoms with Crippen molar-refractivity contribution < 1.29 is 37.6 Å². The van der Waals surface area contributed by atoms with Gasteiger partial charge in [-0.15, -0.1) is 0 Å². The average Bonchev–Trinajstić information content (AvgIpc) is 3.02. The van der Waals surface area contributed by atoms with Crippen molar-refractivity contribution in [2.24, 2.45) is 5.73 Å². The molecule has 0 heterocycles.